The van der Waals surface area contributed by atoms with Crippen molar-refractivity contribution < 1.29 is 28.6 Å². The molecule has 30 heavy (non-hydrogen) atoms. The molecule has 2 aliphatic rings. The predicted molar refractivity (Wildman–Crippen MR) is 110 cm³/mol. The molecule has 164 valence electrons. The van der Waals surface area contributed by atoms with Crippen LogP contribution in [0.15, 0.2) is 18.2 Å². The smallest absolute Gasteiger partial charge is 0.323 e. The van der Waals surface area contributed by atoms with Gasteiger partial charge in [0.15, 0.2) is 11.5 Å². The lowest BCUT2D eigenvalue weighted by atomic mass is 10.0. The minimum absolute atomic E-state index is 0.134. The number of fused-ring (bicyclic) bond motifs is 1. The quantitative estimate of drug-likeness (QED) is 0.486. The summed E-state index contributed by atoms with van der Waals surface area (Å²) in [6, 6.07) is 4.01. The van der Waals surface area contributed by atoms with E-state index in [1.807, 2.05) is 6.92 Å². The summed E-state index contributed by atoms with van der Waals surface area (Å²) in [6.07, 6.45) is 2.17. The van der Waals surface area contributed by atoms with E-state index in [1.165, 1.54) is 0 Å². The molecule has 0 spiro atoms. The Hall–Kier alpha value is -2.41. The molecule has 0 bridgehead atoms. The molecule has 0 heterocycles. The molecular weight excluding hydrogens is 386 g/mol. The summed E-state index contributed by atoms with van der Waals surface area (Å²) in [5.74, 6) is -0.671. The highest BCUT2D eigenvalue weighted by Crippen LogP contribution is 2.74. The standard InChI is InChI=1S/C23H31NO6/c1-6-23(15-11-16(15)23)30-22(27)17(24)9-14-7-8-18(28-20(25)12(2)3)19(10-14)29-21(26)13(4)5/h7-8,10,12-13,15-17H,6,9,11,24H2,1-5H3/t15?,16?,17-,23?/m0/s1. The van der Waals surface area contributed by atoms with Gasteiger partial charge in [0.1, 0.15) is 11.6 Å². The van der Waals surface area contributed by atoms with Crippen LogP contribution in [0.2, 0.25) is 0 Å². The minimum Gasteiger partial charge on any atom is -0.457 e. The molecule has 2 N–H and O–H groups in total. The van der Waals surface area contributed by atoms with Gasteiger partial charge in [-0.25, -0.2) is 0 Å². The molecule has 2 aliphatic carbocycles. The van der Waals surface area contributed by atoms with Crippen molar-refractivity contribution in [3.05, 3.63) is 23.8 Å². The van der Waals surface area contributed by atoms with Crippen LogP contribution in [0.25, 0.3) is 0 Å². The topological polar surface area (TPSA) is 105 Å². The van der Waals surface area contributed by atoms with Gasteiger partial charge < -0.3 is 19.9 Å². The van der Waals surface area contributed by atoms with E-state index < -0.39 is 23.9 Å². The maximum atomic E-state index is 12.5. The molecule has 3 atom stereocenters. The zero-order chi connectivity index (χ0) is 22.2. The van der Waals surface area contributed by atoms with E-state index in [9.17, 15) is 14.4 Å². The second-order valence-corrected chi connectivity index (χ2v) is 8.92. The molecule has 0 aliphatic heterocycles. The lowest BCUT2D eigenvalue weighted by Gasteiger charge is -2.23. The zero-order valence-electron chi connectivity index (χ0n) is 18.3. The van der Waals surface area contributed by atoms with Gasteiger partial charge in [-0.1, -0.05) is 40.7 Å². The third-order valence-electron chi connectivity index (χ3n) is 5.91. The van der Waals surface area contributed by atoms with E-state index in [0.29, 0.717) is 17.4 Å². The highest BCUT2D eigenvalue weighted by Gasteiger charge is 2.78. The molecule has 1 aromatic rings. The van der Waals surface area contributed by atoms with Gasteiger partial charge in [0.2, 0.25) is 0 Å². The van der Waals surface area contributed by atoms with Crippen molar-refractivity contribution in [2.45, 2.75) is 65.5 Å². The van der Waals surface area contributed by atoms with Crippen molar-refractivity contribution in [2.24, 2.45) is 29.4 Å². The van der Waals surface area contributed by atoms with Crippen LogP contribution in [0, 0.1) is 23.7 Å². The highest BCUT2D eigenvalue weighted by atomic mass is 16.6. The summed E-state index contributed by atoms with van der Waals surface area (Å²) in [7, 11) is 0. The van der Waals surface area contributed by atoms with Crippen LogP contribution in [0.4, 0.5) is 0 Å². The van der Waals surface area contributed by atoms with Crippen LogP contribution >= 0.6 is 0 Å². The minimum atomic E-state index is -0.828. The van der Waals surface area contributed by atoms with Gasteiger partial charge in [0.05, 0.1) is 11.8 Å². The van der Waals surface area contributed by atoms with Crippen molar-refractivity contribution in [3.8, 4) is 11.5 Å². The third kappa shape index (κ3) is 4.51. The molecule has 7 nitrogen and oxygen atoms in total. The highest BCUT2D eigenvalue weighted by molar-refractivity contribution is 5.79. The van der Waals surface area contributed by atoms with Crippen LogP contribution in [0.1, 0.15) is 53.0 Å². The SMILES string of the molecule is CCC1(OC(=O)[C@@H](N)Cc2ccc(OC(=O)C(C)C)c(OC(=O)C(C)C)c2)C2CC21. The Bertz CT molecular complexity index is 838. The summed E-state index contributed by atoms with van der Waals surface area (Å²) in [4.78, 5) is 36.6. The van der Waals surface area contributed by atoms with Crippen LogP contribution in [0.3, 0.4) is 0 Å². The second-order valence-electron chi connectivity index (χ2n) is 8.92. The first-order chi connectivity index (χ1) is 14.1. The van der Waals surface area contributed by atoms with Gasteiger partial charge >= 0.3 is 17.9 Å². The molecule has 0 aromatic heterocycles. The van der Waals surface area contributed by atoms with Crippen molar-refractivity contribution in [3.63, 3.8) is 0 Å². The first kappa shape index (κ1) is 22.3. The number of esters is 3. The van der Waals surface area contributed by atoms with E-state index >= 15 is 0 Å². The Morgan fingerprint density at radius 1 is 1.00 bits per heavy atom. The number of hydrogen-bond acceptors (Lipinski definition) is 7. The largest absolute Gasteiger partial charge is 0.457 e. The lowest BCUT2D eigenvalue weighted by Crippen LogP contribution is -2.39. The van der Waals surface area contributed by atoms with Crippen molar-refractivity contribution in [2.75, 3.05) is 0 Å². The summed E-state index contributed by atoms with van der Waals surface area (Å²) in [6.45, 7) is 8.88. The third-order valence-corrected chi connectivity index (χ3v) is 5.91. The van der Waals surface area contributed by atoms with Gasteiger partial charge in [0.25, 0.3) is 0 Å². The number of nitrogens with two attached hydrogens (primary N) is 1. The lowest BCUT2D eigenvalue weighted by molar-refractivity contribution is -0.157. The molecule has 2 fully saturated rings. The molecule has 0 radical (unpaired) electrons. The fraction of sp³-hybridized carbons (Fsp3) is 0.609. The van der Waals surface area contributed by atoms with Crippen molar-refractivity contribution >= 4 is 17.9 Å². The van der Waals surface area contributed by atoms with E-state index in [0.717, 1.165) is 12.8 Å². The fourth-order valence-corrected chi connectivity index (χ4v) is 3.65. The fourth-order valence-electron chi connectivity index (χ4n) is 3.65. The Morgan fingerprint density at radius 3 is 2.03 bits per heavy atom. The van der Waals surface area contributed by atoms with E-state index in [2.05, 4.69) is 0 Å². The number of carbonyl (C=O) groups is 3. The zero-order valence-corrected chi connectivity index (χ0v) is 18.3. The van der Waals surface area contributed by atoms with Crippen LogP contribution < -0.4 is 15.2 Å². The first-order valence-electron chi connectivity index (χ1n) is 10.6. The van der Waals surface area contributed by atoms with Gasteiger partial charge in [-0.3, -0.25) is 14.4 Å². The van der Waals surface area contributed by atoms with Crippen LogP contribution in [0.5, 0.6) is 11.5 Å². The molecular formula is C23H31NO6. The average Bonchev–Trinajstić information content (AvgIpc) is 3.59. The van der Waals surface area contributed by atoms with Gasteiger partial charge in [-0.15, -0.1) is 0 Å². The summed E-state index contributed by atoms with van der Waals surface area (Å²) in [5, 5.41) is 0. The van der Waals surface area contributed by atoms with E-state index in [-0.39, 0.29) is 35.4 Å². The molecule has 1 aromatic carbocycles. The maximum Gasteiger partial charge on any atom is 0.323 e. The van der Waals surface area contributed by atoms with Crippen molar-refractivity contribution in [1.82, 2.24) is 0 Å². The number of hydrogen-bond donors (Lipinski definition) is 1. The summed E-state index contributed by atoms with van der Waals surface area (Å²) >= 11 is 0. The van der Waals surface area contributed by atoms with Gasteiger partial charge in [-0.2, -0.15) is 0 Å². The number of rotatable bonds is 9. The molecule has 3 rings (SSSR count). The Morgan fingerprint density at radius 2 is 1.57 bits per heavy atom. The Kier molecular flexibility index (Phi) is 6.22. The van der Waals surface area contributed by atoms with Crippen LogP contribution in [-0.4, -0.2) is 29.6 Å². The molecule has 0 saturated heterocycles. The monoisotopic (exact) mass is 417 g/mol. The number of benzene rings is 1. The Balaban J connectivity index is 1.71. The maximum absolute atomic E-state index is 12.5. The summed E-state index contributed by atoms with van der Waals surface area (Å²) in [5.41, 5.74) is 6.48. The molecule has 2 unspecified atom stereocenters. The number of carbonyl (C=O) groups excluding carboxylic acids is 3. The molecule has 0 amide bonds. The Labute approximate surface area is 177 Å². The normalized spacial score (nSPS) is 24.8. The summed E-state index contributed by atoms with van der Waals surface area (Å²) < 4.78 is 16.5. The van der Waals surface area contributed by atoms with Crippen molar-refractivity contribution in [1.29, 1.82) is 0 Å². The first-order valence-corrected chi connectivity index (χ1v) is 10.6. The van der Waals surface area contributed by atoms with E-state index in [1.54, 1.807) is 45.9 Å². The molecule has 2 saturated carbocycles. The van der Waals surface area contributed by atoms with Gasteiger partial charge in [0, 0.05) is 11.8 Å². The number of ether oxygens (including phenoxy) is 3. The van der Waals surface area contributed by atoms with Crippen LogP contribution in [-0.2, 0) is 25.5 Å². The predicted octanol–water partition coefficient (Wildman–Crippen LogP) is 3.02. The van der Waals surface area contributed by atoms with E-state index in [4.69, 9.17) is 19.9 Å². The van der Waals surface area contributed by atoms with Gasteiger partial charge in [-0.05, 0) is 37.0 Å². The molecule has 7 heteroatoms. The average molecular weight is 418 g/mol. The second kappa shape index (κ2) is 8.38.